The van der Waals surface area contributed by atoms with Gasteiger partial charge in [-0.3, -0.25) is 0 Å². The van der Waals surface area contributed by atoms with Gasteiger partial charge in [0.05, 0.1) is 0 Å². The van der Waals surface area contributed by atoms with E-state index in [0.29, 0.717) is 6.54 Å². The zero-order valence-electron chi connectivity index (χ0n) is 10.8. The quantitative estimate of drug-likeness (QED) is 0.895. The number of hydrogen-bond donors (Lipinski definition) is 1. The Balaban J connectivity index is 2.15. The number of anilines is 1. The second-order valence-corrected chi connectivity index (χ2v) is 4.34. The average Bonchev–Trinajstić information content (AvgIpc) is 2.40. The Hall–Kier alpha value is -2.00. The van der Waals surface area contributed by atoms with Crippen molar-refractivity contribution in [3.05, 3.63) is 54.1 Å². The molecule has 0 atom stereocenters. The van der Waals surface area contributed by atoms with Crippen LogP contribution in [0.2, 0.25) is 0 Å². The summed E-state index contributed by atoms with van der Waals surface area (Å²) in [6.07, 6.45) is 0. The molecule has 0 spiro atoms. The minimum Gasteiger partial charge on any atom is -0.457 e. The summed E-state index contributed by atoms with van der Waals surface area (Å²) in [5, 5.41) is 0. The summed E-state index contributed by atoms with van der Waals surface area (Å²) < 4.78 is 5.80. The van der Waals surface area contributed by atoms with Crippen LogP contribution in [0.3, 0.4) is 0 Å². The Labute approximate surface area is 108 Å². The van der Waals surface area contributed by atoms with Crippen molar-refractivity contribution < 1.29 is 4.74 Å². The van der Waals surface area contributed by atoms with Gasteiger partial charge in [-0.15, -0.1) is 0 Å². The van der Waals surface area contributed by atoms with Gasteiger partial charge in [-0.2, -0.15) is 0 Å². The van der Waals surface area contributed by atoms with Gasteiger partial charge in [0.25, 0.3) is 0 Å². The standard InChI is InChI=1S/C15H18N2O/c1-17(2)13-4-3-5-15(10-13)18-14-8-6-12(11-16)7-9-14/h3-10H,11,16H2,1-2H3. The first kappa shape index (κ1) is 12.5. The molecule has 94 valence electrons. The fourth-order valence-corrected chi connectivity index (χ4v) is 1.65. The number of benzene rings is 2. The molecule has 0 amide bonds. The summed E-state index contributed by atoms with van der Waals surface area (Å²) in [6.45, 7) is 0.552. The second-order valence-electron chi connectivity index (χ2n) is 4.34. The van der Waals surface area contributed by atoms with Crippen LogP contribution < -0.4 is 15.4 Å². The van der Waals surface area contributed by atoms with E-state index in [4.69, 9.17) is 10.5 Å². The molecule has 0 aliphatic carbocycles. The lowest BCUT2D eigenvalue weighted by Crippen LogP contribution is -2.08. The third-order valence-electron chi connectivity index (χ3n) is 2.73. The van der Waals surface area contributed by atoms with E-state index < -0.39 is 0 Å². The first-order valence-corrected chi connectivity index (χ1v) is 5.93. The van der Waals surface area contributed by atoms with Crippen molar-refractivity contribution in [2.24, 2.45) is 5.73 Å². The maximum Gasteiger partial charge on any atom is 0.129 e. The molecule has 0 radical (unpaired) electrons. The van der Waals surface area contributed by atoms with Gasteiger partial charge in [0.1, 0.15) is 11.5 Å². The van der Waals surface area contributed by atoms with E-state index in [1.807, 2.05) is 67.5 Å². The van der Waals surface area contributed by atoms with Crippen molar-refractivity contribution in [2.75, 3.05) is 19.0 Å². The SMILES string of the molecule is CN(C)c1cccc(Oc2ccc(CN)cc2)c1. The van der Waals surface area contributed by atoms with Crippen molar-refractivity contribution in [3.8, 4) is 11.5 Å². The molecule has 0 aromatic heterocycles. The van der Waals surface area contributed by atoms with Crippen molar-refractivity contribution >= 4 is 5.69 Å². The fraction of sp³-hybridized carbons (Fsp3) is 0.200. The summed E-state index contributed by atoms with van der Waals surface area (Å²) in [4.78, 5) is 2.05. The molecule has 18 heavy (non-hydrogen) atoms. The number of nitrogens with zero attached hydrogens (tertiary/aromatic N) is 1. The van der Waals surface area contributed by atoms with E-state index in [1.165, 1.54) is 0 Å². The smallest absolute Gasteiger partial charge is 0.129 e. The topological polar surface area (TPSA) is 38.5 Å². The van der Waals surface area contributed by atoms with E-state index in [-0.39, 0.29) is 0 Å². The van der Waals surface area contributed by atoms with Gasteiger partial charge in [-0.1, -0.05) is 18.2 Å². The first-order chi connectivity index (χ1) is 8.69. The molecular formula is C15H18N2O. The lowest BCUT2D eigenvalue weighted by Gasteiger charge is -2.14. The van der Waals surface area contributed by atoms with Crippen molar-refractivity contribution in [3.63, 3.8) is 0 Å². The van der Waals surface area contributed by atoms with Crippen LogP contribution in [0.25, 0.3) is 0 Å². The lowest BCUT2D eigenvalue weighted by atomic mass is 10.2. The van der Waals surface area contributed by atoms with Crippen LogP contribution >= 0.6 is 0 Å². The Morgan fingerprint density at radius 3 is 2.33 bits per heavy atom. The highest BCUT2D eigenvalue weighted by Crippen LogP contribution is 2.25. The number of ether oxygens (including phenoxy) is 1. The molecule has 3 nitrogen and oxygen atoms in total. The average molecular weight is 242 g/mol. The minimum absolute atomic E-state index is 0.552. The Kier molecular flexibility index (Phi) is 3.85. The predicted octanol–water partition coefficient (Wildman–Crippen LogP) is 3.00. The molecule has 0 aliphatic rings. The van der Waals surface area contributed by atoms with Crippen LogP contribution in [0, 0.1) is 0 Å². The Morgan fingerprint density at radius 2 is 1.72 bits per heavy atom. The van der Waals surface area contributed by atoms with E-state index in [2.05, 4.69) is 0 Å². The van der Waals surface area contributed by atoms with Crippen molar-refractivity contribution in [1.82, 2.24) is 0 Å². The van der Waals surface area contributed by atoms with Gasteiger partial charge in [0, 0.05) is 32.4 Å². The molecule has 2 aromatic rings. The van der Waals surface area contributed by atoms with Crippen LogP contribution in [0.5, 0.6) is 11.5 Å². The largest absolute Gasteiger partial charge is 0.457 e. The number of hydrogen-bond acceptors (Lipinski definition) is 3. The molecule has 0 unspecified atom stereocenters. The lowest BCUT2D eigenvalue weighted by molar-refractivity contribution is 0.482. The van der Waals surface area contributed by atoms with Crippen LogP contribution in [0.1, 0.15) is 5.56 Å². The van der Waals surface area contributed by atoms with Crippen molar-refractivity contribution in [2.45, 2.75) is 6.54 Å². The molecule has 0 saturated carbocycles. The monoisotopic (exact) mass is 242 g/mol. The molecule has 0 saturated heterocycles. The third kappa shape index (κ3) is 3.02. The van der Waals surface area contributed by atoms with Gasteiger partial charge in [0.15, 0.2) is 0 Å². The van der Waals surface area contributed by atoms with E-state index >= 15 is 0 Å². The molecule has 0 heterocycles. The van der Waals surface area contributed by atoms with Crippen LogP contribution in [-0.4, -0.2) is 14.1 Å². The molecule has 2 aromatic carbocycles. The van der Waals surface area contributed by atoms with Crippen LogP contribution in [0.4, 0.5) is 5.69 Å². The highest BCUT2D eigenvalue weighted by atomic mass is 16.5. The molecule has 0 bridgehead atoms. The zero-order valence-corrected chi connectivity index (χ0v) is 10.8. The summed E-state index contributed by atoms with van der Waals surface area (Å²) >= 11 is 0. The second kappa shape index (κ2) is 5.56. The molecule has 0 fully saturated rings. The maximum atomic E-state index is 5.80. The Bertz CT molecular complexity index is 506. The Morgan fingerprint density at radius 1 is 1.00 bits per heavy atom. The van der Waals surface area contributed by atoms with E-state index in [1.54, 1.807) is 0 Å². The van der Waals surface area contributed by atoms with Gasteiger partial charge in [-0.25, -0.2) is 0 Å². The van der Waals surface area contributed by atoms with Gasteiger partial charge in [-0.05, 0) is 29.8 Å². The predicted molar refractivity (Wildman–Crippen MR) is 75.2 cm³/mol. The van der Waals surface area contributed by atoms with E-state index in [9.17, 15) is 0 Å². The highest BCUT2D eigenvalue weighted by molar-refractivity contribution is 5.50. The molecular weight excluding hydrogens is 224 g/mol. The summed E-state index contributed by atoms with van der Waals surface area (Å²) in [5.41, 5.74) is 7.78. The first-order valence-electron chi connectivity index (χ1n) is 5.93. The number of nitrogens with two attached hydrogens (primary N) is 1. The normalized spacial score (nSPS) is 10.2. The zero-order chi connectivity index (χ0) is 13.0. The van der Waals surface area contributed by atoms with Gasteiger partial charge < -0.3 is 15.4 Å². The summed E-state index contributed by atoms with van der Waals surface area (Å²) in [7, 11) is 4.02. The van der Waals surface area contributed by atoms with Crippen LogP contribution in [0.15, 0.2) is 48.5 Å². The molecule has 0 aliphatic heterocycles. The van der Waals surface area contributed by atoms with Crippen LogP contribution in [-0.2, 0) is 6.54 Å². The summed E-state index contributed by atoms with van der Waals surface area (Å²) in [5.74, 6) is 1.66. The van der Waals surface area contributed by atoms with Crippen molar-refractivity contribution in [1.29, 1.82) is 0 Å². The van der Waals surface area contributed by atoms with Gasteiger partial charge >= 0.3 is 0 Å². The molecule has 2 N–H and O–H groups in total. The summed E-state index contributed by atoms with van der Waals surface area (Å²) in [6, 6.07) is 15.8. The number of rotatable bonds is 4. The molecule has 3 heteroatoms. The maximum absolute atomic E-state index is 5.80. The molecule has 2 rings (SSSR count). The van der Waals surface area contributed by atoms with E-state index in [0.717, 1.165) is 22.7 Å². The minimum atomic E-state index is 0.552. The highest BCUT2D eigenvalue weighted by Gasteiger charge is 2.00. The van der Waals surface area contributed by atoms with Gasteiger partial charge in [0.2, 0.25) is 0 Å². The fourth-order valence-electron chi connectivity index (χ4n) is 1.65. The third-order valence-corrected chi connectivity index (χ3v) is 2.73.